The van der Waals surface area contributed by atoms with Crippen molar-refractivity contribution in [1.29, 1.82) is 0 Å². The summed E-state index contributed by atoms with van der Waals surface area (Å²) in [6.45, 7) is -4.84. The number of hydrogen-bond donors (Lipinski definition) is 0. The van der Waals surface area contributed by atoms with Gasteiger partial charge in [-0.2, -0.15) is 0 Å². The van der Waals surface area contributed by atoms with Crippen LogP contribution in [0.2, 0.25) is 6.32 Å². The van der Waals surface area contributed by atoms with Crippen molar-refractivity contribution < 1.29 is 22.5 Å². The van der Waals surface area contributed by atoms with Crippen molar-refractivity contribution in [3.05, 3.63) is 0 Å². The van der Waals surface area contributed by atoms with Crippen LogP contribution in [0.1, 0.15) is 6.42 Å². The summed E-state index contributed by atoms with van der Waals surface area (Å²) in [4.78, 5) is 10.1. The van der Waals surface area contributed by atoms with E-state index >= 15 is 0 Å². The van der Waals surface area contributed by atoms with Gasteiger partial charge in [0.25, 0.3) is 0 Å². The van der Waals surface area contributed by atoms with E-state index in [0.717, 1.165) is 7.11 Å². The average molecular weight is 155 g/mol. The Kier molecular flexibility index (Phi) is 3.25. The molecular formula is C4H7BF3O2-. The second-order valence-corrected chi connectivity index (χ2v) is 1.83. The highest BCUT2D eigenvalue weighted by Crippen LogP contribution is 2.16. The van der Waals surface area contributed by atoms with E-state index in [1.54, 1.807) is 0 Å². The van der Waals surface area contributed by atoms with Gasteiger partial charge < -0.3 is 17.7 Å². The average Bonchev–Trinajstić information content (AvgIpc) is 1.81. The molecule has 0 bridgehead atoms. The number of hydrogen-bond acceptors (Lipinski definition) is 2. The minimum Gasteiger partial charge on any atom is -0.469 e. The zero-order valence-electron chi connectivity index (χ0n) is 5.44. The number of carbonyl (C=O) groups is 1. The third-order valence-corrected chi connectivity index (χ3v) is 0.903. The van der Waals surface area contributed by atoms with Crippen LogP contribution in [0.3, 0.4) is 0 Å². The Bertz CT molecular complexity index is 122. The van der Waals surface area contributed by atoms with E-state index < -0.39 is 25.7 Å². The van der Waals surface area contributed by atoms with Crippen LogP contribution in [-0.2, 0) is 9.53 Å². The van der Waals surface area contributed by atoms with E-state index in [0.29, 0.717) is 0 Å². The molecule has 0 aliphatic carbocycles. The molecule has 0 saturated carbocycles. The first kappa shape index (κ1) is 9.32. The van der Waals surface area contributed by atoms with Gasteiger partial charge in [0.2, 0.25) is 0 Å². The van der Waals surface area contributed by atoms with E-state index in [4.69, 9.17) is 0 Å². The lowest BCUT2D eigenvalue weighted by Crippen LogP contribution is -2.16. The molecule has 60 valence electrons. The fourth-order valence-electron chi connectivity index (χ4n) is 0.384. The number of halogens is 3. The summed E-state index contributed by atoms with van der Waals surface area (Å²) in [6.07, 6.45) is -1.62. The summed E-state index contributed by atoms with van der Waals surface area (Å²) in [5.74, 6) is -0.820. The third-order valence-electron chi connectivity index (χ3n) is 0.903. The number of ether oxygens (including phenoxy) is 1. The lowest BCUT2D eigenvalue weighted by atomic mass is 9.84. The van der Waals surface area contributed by atoms with Crippen molar-refractivity contribution in [2.75, 3.05) is 7.11 Å². The molecule has 0 radical (unpaired) electrons. The zero-order valence-corrected chi connectivity index (χ0v) is 5.44. The van der Waals surface area contributed by atoms with Crippen LogP contribution in [0, 0.1) is 0 Å². The molecule has 2 nitrogen and oxygen atoms in total. The first-order valence-electron chi connectivity index (χ1n) is 2.73. The predicted octanol–water partition coefficient (Wildman–Crippen LogP) is 1.40. The van der Waals surface area contributed by atoms with Crippen molar-refractivity contribution in [3.63, 3.8) is 0 Å². The van der Waals surface area contributed by atoms with E-state index in [9.17, 15) is 17.7 Å². The van der Waals surface area contributed by atoms with Gasteiger partial charge in [-0.15, -0.1) is 0 Å². The molecule has 0 fully saturated rings. The summed E-state index contributed by atoms with van der Waals surface area (Å²) < 4.78 is 38.2. The van der Waals surface area contributed by atoms with E-state index in [2.05, 4.69) is 4.74 Å². The highest BCUT2D eigenvalue weighted by molar-refractivity contribution is 6.58. The summed E-state index contributed by atoms with van der Waals surface area (Å²) in [7, 11) is 1.06. The van der Waals surface area contributed by atoms with Gasteiger partial charge in [0.05, 0.1) is 7.11 Å². The standard InChI is InChI=1S/C4H7BF3O2/c1-10-4(9)2-3-5(6,7)8/h2-3H2,1H3/q-1. The van der Waals surface area contributed by atoms with Crippen LogP contribution in [0.4, 0.5) is 12.9 Å². The largest absolute Gasteiger partial charge is 0.478 e. The molecule has 0 saturated heterocycles. The second kappa shape index (κ2) is 3.48. The minimum atomic E-state index is -4.84. The molecule has 0 aliphatic heterocycles. The SMILES string of the molecule is COC(=O)CC[B-](F)(F)F. The number of esters is 1. The van der Waals surface area contributed by atoms with Gasteiger partial charge in [-0.3, -0.25) is 4.79 Å². The van der Waals surface area contributed by atoms with Gasteiger partial charge >= 0.3 is 12.9 Å². The fourth-order valence-corrected chi connectivity index (χ4v) is 0.384. The molecule has 0 aliphatic rings. The minimum absolute atomic E-state index is 0.569. The molecule has 0 unspecified atom stereocenters. The van der Waals surface area contributed by atoms with E-state index in [1.807, 2.05) is 0 Å². The van der Waals surface area contributed by atoms with Crippen molar-refractivity contribution in [3.8, 4) is 0 Å². The summed E-state index contributed by atoms with van der Waals surface area (Å²) in [5, 5.41) is 0. The van der Waals surface area contributed by atoms with E-state index in [1.165, 1.54) is 0 Å². The quantitative estimate of drug-likeness (QED) is 0.454. The molecular weight excluding hydrogens is 148 g/mol. The Morgan fingerprint density at radius 1 is 1.50 bits per heavy atom. The Hall–Kier alpha value is -0.675. The van der Waals surface area contributed by atoms with Crippen LogP contribution in [0.15, 0.2) is 0 Å². The maximum atomic E-state index is 11.4. The molecule has 0 atom stereocenters. The smallest absolute Gasteiger partial charge is 0.469 e. The predicted molar refractivity (Wildman–Crippen MR) is 30.5 cm³/mol. The number of carbonyl (C=O) groups excluding carboxylic acids is 1. The lowest BCUT2D eigenvalue weighted by Gasteiger charge is -2.10. The zero-order chi connectivity index (χ0) is 8.20. The van der Waals surface area contributed by atoms with Gasteiger partial charge in [-0.1, -0.05) is 6.32 Å². The first-order chi connectivity index (χ1) is 4.45. The highest BCUT2D eigenvalue weighted by Gasteiger charge is 2.23. The van der Waals surface area contributed by atoms with Crippen LogP contribution in [0.5, 0.6) is 0 Å². The number of rotatable bonds is 3. The van der Waals surface area contributed by atoms with Gasteiger partial charge in [0.1, 0.15) is 0 Å². The van der Waals surface area contributed by atoms with Crippen molar-refractivity contribution >= 4 is 12.9 Å². The van der Waals surface area contributed by atoms with Gasteiger partial charge in [-0.25, -0.2) is 0 Å². The molecule has 0 aromatic rings. The molecule has 0 spiro atoms. The Balaban J connectivity index is 3.46. The Morgan fingerprint density at radius 2 is 2.00 bits per heavy atom. The molecule has 0 heterocycles. The molecule has 0 aromatic heterocycles. The number of methoxy groups -OCH3 is 1. The normalized spacial score (nSPS) is 11.2. The first-order valence-corrected chi connectivity index (χ1v) is 2.73. The third kappa shape index (κ3) is 5.46. The van der Waals surface area contributed by atoms with Crippen LogP contribution < -0.4 is 0 Å². The van der Waals surface area contributed by atoms with Crippen molar-refractivity contribution in [1.82, 2.24) is 0 Å². The Labute approximate surface area is 56.4 Å². The molecule has 0 N–H and O–H groups in total. The van der Waals surface area contributed by atoms with Crippen molar-refractivity contribution in [2.45, 2.75) is 12.7 Å². The maximum absolute atomic E-state index is 11.4. The topological polar surface area (TPSA) is 26.3 Å². The summed E-state index contributed by atoms with van der Waals surface area (Å²) in [6, 6.07) is 0. The molecule has 0 rings (SSSR count). The lowest BCUT2D eigenvalue weighted by molar-refractivity contribution is -0.140. The van der Waals surface area contributed by atoms with E-state index in [-0.39, 0.29) is 0 Å². The van der Waals surface area contributed by atoms with Crippen LogP contribution >= 0.6 is 0 Å². The highest BCUT2D eigenvalue weighted by atomic mass is 19.4. The second-order valence-electron chi connectivity index (χ2n) is 1.83. The molecule has 6 heteroatoms. The molecule has 0 aromatic carbocycles. The maximum Gasteiger partial charge on any atom is 0.478 e. The molecule has 10 heavy (non-hydrogen) atoms. The summed E-state index contributed by atoms with van der Waals surface area (Å²) >= 11 is 0. The van der Waals surface area contributed by atoms with Gasteiger partial charge in [0, 0.05) is 6.42 Å². The van der Waals surface area contributed by atoms with Gasteiger partial charge in [0.15, 0.2) is 0 Å². The Morgan fingerprint density at radius 3 is 2.30 bits per heavy atom. The molecule has 0 amide bonds. The fraction of sp³-hybridized carbons (Fsp3) is 0.750. The van der Waals surface area contributed by atoms with Gasteiger partial charge in [-0.05, 0) is 0 Å². The monoisotopic (exact) mass is 155 g/mol. The van der Waals surface area contributed by atoms with Crippen LogP contribution in [-0.4, -0.2) is 20.1 Å². The summed E-state index contributed by atoms with van der Waals surface area (Å²) in [5.41, 5.74) is 0. The van der Waals surface area contributed by atoms with Crippen molar-refractivity contribution in [2.24, 2.45) is 0 Å². The van der Waals surface area contributed by atoms with Crippen LogP contribution in [0.25, 0.3) is 0 Å².